The quantitative estimate of drug-likeness (QED) is 0.276. The third-order valence-corrected chi connectivity index (χ3v) is 10.1. The molecule has 2 amide bonds. The summed E-state index contributed by atoms with van der Waals surface area (Å²) in [6, 6.07) is 19.4. The van der Waals surface area contributed by atoms with E-state index >= 15 is 0 Å². The van der Waals surface area contributed by atoms with Gasteiger partial charge in [-0.3, -0.25) is 13.9 Å². The standard InChI is InChI=1S/C35H45N3O4S/c1-6-32(35(40)36-30-10-8-7-9-11-30)37(23-29-17-12-25(2)13-18-29)34(39)24-38(33-21-16-27(4)22-28(33)5)43(41,42)31-19-14-26(3)15-20-31/h12-22,30,32H,6-11,23-24H2,1-5H3,(H,36,40)/t32-/m1/s1. The van der Waals surface area contributed by atoms with Crippen LogP contribution in [0.5, 0.6) is 0 Å². The van der Waals surface area contributed by atoms with E-state index in [1.807, 2.05) is 71.0 Å². The first-order valence-corrected chi connectivity index (χ1v) is 16.8. The van der Waals surface area contributed by atoms with Crippen LogP contribution in [0.4, 0.5) is 5.69 Å². The molecule has 0 spiro atoms. The lowest BCUT2D eigenvalue weighted by Crippen LogP contribution is -2.54. The van der Waals surface area contributed by atoms with Gasteiger partial charge in [-0.1, -0.05) is 91.4 Å². The summed E-state index contributed by atoms with van der Waals surface area (Å²) in [5.74, 6) is -0.615. The van der Waals surface area contributed by atoms with E-state index in [-0.39, 0.29) is 23.4 Å². The lowest BCUT2D eigenvalue weighted by atomic mass is 9.95. The molecule has 1 N–H and O–H groups in total. The lowest BCUT2D eigenvalue weighted by molar-refractivity contribution is -0.140. The van der Waals surface area contributed by atoms with Crippen molar-refractivity contribution in [1.82, 2.24) is 10.2 Å². The number of amides is 2. The van der Waals surface area contributed by atoms with Crippen molar-refractivity contribution in [2.45, 2.75) is 96.7 Å². The van der Waals surface area contributed by atoms with Crippen molar-refractivity contribution >= 4 is 27.5 Å². The van der Waals surface area contributed by atoms with Gasteiger partial charge in [-0.25, -0.2) is 8.42 Å². The van der Waals surface area contributed by atoms with Gasteiger partial charge in [0.15, 0.2) is 0 Å². The molecule has 0 aromatic heterocycles. The van der Waals surface area contributed by atoms with Gasteiger partial charge >= 0.3 is 0 Å². The van der Waals surface area contributed by atoms with Gasteiger partial charge in [0, 0.05) is 12.6 Å². The number of sulfonamides is 1. The molecule has 0 radical (unpaired) electrons. The van der Waals surface area contributed by atoms with Crippen molar-refractivity contribution < 1.29 is 18.0 Å². The molecular weight excluding hydrogens is 558 g/mol. The molecule has 1 atom stereocenters. The lowest BCUT2D eigenvalue weighted by Gasteiger charge is -2.34. The van der Waals surface area contributed by atoms with E-state index < -0.39 is 28.5 Å². The maximum atomic E-state index is 14.3. The Labute approximate surface area is 257 Å². The second-order valence-electron chi connectivity index (χ2n) is 11.9. The van der Waals surface area contributed by atoms with Crippen LogP contribution in [0, 0.1) is 27.7 Å². The molecule has 1 saturated carbocycles. The third kappa shape index (κ3) is 8.05. The Morgan fingerprint density at radius 3 is 2.00 bits per heavy atom. The Morgan fingerprint density at radius 2 is 1.42 bits per heavy atom. The SMILES string of the molecule is CC[C@H](C(=O)NC1CCCCC1)N(Cc1ccc(C)cc1)C(=O)CN(c1ccc(C)cc1C)S(=O)(=O)c1ccc(C)cc1. The predicted octanol–water partition coefficient (Wildman–Crippen LogP) is 6.37. The highest BCUT2D eigenvalue weighted by Gasteiger charge is 2.35. The van der Waals surface area contributed by atoms with Crippen LogP contribution in [-0.4, -0.2) is 43.8 Å². The summed E-state index contributed by atoms with van der Waals surface area (Å²) in [6.45, 7) is 9.35. The highest BCUT2D eigenvalue weighted by Crippen LogP contribution is 2.29. The fourth-order valence-electron chi connectivity index (χ4n) is 5.79. The van der Waals surface area contributed by atoms with Crippen molar-refractivity contribution in [1.29, 1.82) is 0 Å². The number of hydrogen-bond acceptors (Lipinski definition) is 4. The number of rotatable bonds is 11. The smallest absolute Gasteiger partial charge is 0.264 e. The largest absolute Gasteiger partial charge is 0.352 e. The number of nitrogens with zero attached hydrogens (tertiary/aromatic N) is 2. The summed E-state index contributed by atoms with van der Waals surface area (Å²) in [5.41, 5.74) is 5.08. The van der Waals surface area contributed by atoms with Crippen LogP contribution < -0.4 is 9.62 Å². The summed E-state index contributed by atoms with van der Waals surface area (Å²) in [6.07, 6.45) is 5.60. The first-order chi connectivity index (χ1) is 20.5. The fourth-order valence-corrected chi connectivity index (χ4v) is 7.27. The molecule has 0 saturated heterocycles. The minimum absolute atomic E-state index is 0.0975. The summed E-state index contributed by atoms with van der Waals surface area (Å²) in [4.78, 5) is 29.7. The second kappa shape index (κ2) is 14.2. The molecule has 3 aromatic carbocycles. The summed E-state index contributed by atoms with van der Waals surface area (Å²) < 4.78 is 29.5. The maximum absolute atomic E-state index is 14.3. The molecule has 230 valence electrons. The van der Waals surface area contributed by atoms with Crippen LogP contribution in [-0.2, 0) is 26.2 Å². The van der Waals surface area contributed by atoms with Crippen molar-refractivity contribution in [3.8, 4) is 0 Å². The summed E-state index contributed by atoms with van der Waals surface area (Å²) in [5, 5.41) is 3.20. The molecule has 0 heterocycles. The molecule has 1 aliphatic rings. The molecule has 7 nitrogen and oxygen atoms in total. The van der Waals surface area contributed by atoms with Gasteiger partial charge < -0.3 is 10.2 Å². The predicted molar refractivity (Wildman–Crippen MR) is 172 cm³/mol. The van der Waals surface area contributed by atoms with Gasteiger partial charge in [0.1, 0.15) is 12.6 Å². The van der Waals surface area contributed by atoms with Gasteiger partial charge in [-0.05, 0) is 76.3 Å². The van der Waals surface area contributed by atoms with Gasteiger partial charge in [-0.2, -0.15) is 0 Å². The van der Waals surface area contributed by atoms with E-state index in [1.165, 1.54) is 10.7 Å². The first-order valence-electron chi connectivity index (χ1n) is 15.3. The number of aryl methyl sites for hydroxylation is 4. The molecule has 43 heavy (non-hydrogen) atoms. The summed E-state index contributed by atoms with van der Waals surface area (Å²) in [7, 11) is -4.10. The van der Waals surface area contributed by atoms with Crippen LogP contribution in [0.15, 0.2) is 71.6 Å². The van der Waals surface area contributed by atoms with E-state index in [1.54, 1.807) is 35.2 Å². The van der Waals surface area contributed by atoms with E-state index in [0.29, 0.717) is 12.1 Å². The van der Waals surface area contributed by atoms with Crippen LogP contribution in [0.25, 0.3) is 0 Å². The van der Waals surface area contributed by atoms with Crippen LogP contribution in [0.1, 0.15) is 73.3 Å². The fraction of sp³-hybridized carbons (Fsp3) is 0.429. The number of nitrogens with one attached hydrogen (secondary N) is 1. The molecule has 3 aromatic rings. The van der Waals surface area contributed by atoms with Gasteiger partial charge in [0.25, 0.3) is 10.0 Å². The zero-order valence-electron chi connectivity index (χ0n) is 26.1. The van der Waals surface area contributed by atoms with E-state index in [0.717, 1.165) is 53.5 Å². The molecule has 1 fully saturated rings. The Hall–Kier alpha value is -3.65. The molecule has 0 bridgehead atoms. The third-order valence-electron chi connectivity index (χ3n) is 8.32. The molecule has 1 aliphatic carbocycles. The van der Waals surface area contributed by atoms with Crippen LogP contribution in [0.2, 0.25) is 0 Å². The molecular formula is C35H45N3O4S. The average molecular weight is 604 g/mol. The van der Waals surface area contributed by atoms with Crippen LogP contribution in [0.3, 0.4) is 0 Å². The highest BCUT2D eigenvalue weighted by molar-refractivity contribution is 7.92. The number of anilines is 1. The number of hydrogen-bond donors (Lipinski definition) is 1. The topological polar surface area (TPSA) is 86.8 Å². The number of carbonyl (C=O) groups excluding carboxylic acids is 2. The Morgan fingerprint density at radius 1 is 0.837 bits per heavy atom. The van der Waals surface area contributed by atoms with Crippen LogP contribution >= 0.6 is 0 Å². The molecule has 8 heteroatoms. The number of carbonyl (C=O) groups is 2. The normalized spacial score (nSPS) is 14.6. The number of benzene rings is 3. The van der Waals surface area contributed by atoms with E-state index in [9.17, 15) is 18.0 Å². The second-order valence-corrected chi connectivity index (χ2v) is 13.8. The Bertz CT molecular complexity index is 1510. The highest BCUT2D eigenvalue weighted by atomic mass is 32.2. The van der Waals surface area contributed by atoms with Crippen molar-refractivity contribution in [3.05, 3.63) is 94.5 Å². The van der Waals surface area contributed by atoms with Gasteiger partial charge in [0.05, 0.1) is 10.6 Å². The van der Waals surface area contributed by atoms with Crippen molar-refractivity contribution in [2.24, 2.45) is 0 Å². The molecule has 4 rings (SSSR count). The van der Waals surface area contributed by atoms with Crippen molar-refractivity contribution in [2.75, 3.05) is 10.8 Å². The van der Waals surface area contributed by atoms with Crippen molar-refractivity contribution in [3.63, 3.8) is 0 Å². The zero-order chi connectivity index (χ0) is 31.1. The molecule has 0 unspecified atom stereocenters. The first kappa shape index (κ1) is 32.3. The van der Waals surface area contributed by atoms with E-state index in [2.05, 4.69) is 5.32 Å². The maximum Gasteiger partial charge on any atom is 0.264 e. The molecule has 0 aliphatic heterocycles. The minimum Gasteiger partial charge on any atom is -0.352 e. The zero-order valence-corrected chi connectivity index (χ0v) is 26.9. The summed E-state index contributed by atoms with van der Waals surface area (Å²) >= 11 is 0. The minimum atomic E-state index is -4.10. The monoisotopic (exact) mass is 603 g/mol. The average Bonchev–Trinajstić information content (AvgIpc) is 2.98. The Kier molecular flexibility index (Phi) is 10.7. The Balaban J connectivity index is 1.72. The van der Waals surface area contributed by atoms with E-state index in [4.69, 9.17) is 0 Å². The van der Waals surface area contributed by atoms with Gasteiger partial charge in [-0.15, -0.1) is 0 Å². The van der Waals surface area contributed by atoms with Gasteiger partial charge in [0.2, 0.25) is 11.8 Å².